The van der Waals surface area contributed by atoms with Crippen LogP contribution in [0.2, 0.25) is 0 Å². The van der Waals surface area contributed by atoms with Gasteiger partial charge in [-0.1, -0.05) is 6.92 Å². The zero-order valence-corrected chi connectivity index (χ0v) is 10.8. The van der Waals surface area contributed by atoms with Gasteiger partial charge in [-0.3, -0.25) is 4.90 Å². The molecular weight excluding hydrogens is 186 g/mol. The van der Waals surface area contributed by atoms with E-state index in [0.717, 1.165) is 19.0 Å². The van der Waals surface area contributed by atoms with Gasteiger partial charge in [-0.15, -0.1) is 0 Å². The number of rotatable bonds is 4. The fourth-order valence-electron chi connectivity index (χ4n) is 2.42. The highest BCUT2D eigenvalue weighted by Gasteiger charge is 2.32. The Bertz CT molecular complexity index is 179. The Balaban J connectivity index is 2.49. The molecule has 0 aliphatic carbocycles. The molecule has 1 heterocycles. The SMILES string of the molecule is CCC(C)(CN)N1CCC(N(C)C)CC1. The fourth-order valence-corrected chi connectivity index (χ4v) is 2.42. The van der Waals surface area contributed by atoms with Crippen LogP contribution in [0, 0.1) is 0 Å². The summed E-state index contributed by atoms with van der Waals surface area (Å²) in [6.07, 6.45) is 3.71. The summed E-state index contributed by atoms with van der Waals surface area (Å²) in [4.78, 5) is 4.93. The van der Waals surface area contributed by atoms with Crippen molar-refractivity contribution in [2.24, 2.45) is 5.73 Å². The summed E-state index contributed by atoms with van der Waals surface area (Å²) in [7, 11) is 4.37. The molecule has 1 unspecified atom stereocenters. The lowest BCUT2D eigenvalue weighted by Crippen LogP contribution is -2.55. The zero-order chi connectivity index (χ0) is 11.5. The Morgan fingerprint density at radius 1 is 1.33 bits per heavy atom. The van der Waals surface area contributed by atoms with Gasteiger partial charge in [0.2, 0.25) is 0 Å². The number of likely N-dealkylation sites (tertiary alicyclic amines) is 1. The third-order valence-electron chi connectivity index (χ3n) is 4.16. The predicted molar refractivity (Wildman–Crippen MR) is 66.0 cm³/mol. The highest BCUT2D eigenvalue weighted by atomic mass is 15.2. The lowest BCUT2D eigenvalue weighted by Gasteiger charge is -2.45. The molecule has 0 radical (unpaired) electrons. The first kappa shape index (κ1) is 12.9. The largest absolute Gasteiger partial charge is 0.329 e. The van der Waals surface area contributed by atoms with E-state index in [0.29, 0.717) is 0 Å². The summed E-state index contributed by atoms with van der Waals surface area (Å²) in [6.45, 7) is 7.71. The van der Waals surface area contributed by atoms with E-state index < -0.39 is 0 Å². The molecule has 1 fully saturated rings. The van der Waals surface area contributed by atoms with Crippen LogP contribution in [0.25, 0.3) is 0 Å². The number of piperidine rings is 1. The van der Waals surface area contributed by atoms with Crippen molar-refractivity contribution in [2.45, 2.75) is 44.7 Å². The maximum atomic E-state index is 5.89. The van der Waals surface area contributed by atoms with E-state index in [1.807, 2.05) is 0 Å². The minimum atomic E-state index is 0.220. The molecule has 1 saturated heterocycles. The van der Waals surface area contributed by atoms with Crippen LogP contribution in [0.15, 0.2) is 0 Å². The van der Waals surface area contributed by atoms with Crippen LogP contribution in [0.5, 0.6) is 0 Å². The number of nitrogens with two attached hydrogens (primary N) is 1. The van der Waals surface area contributed by atoms with Crippen molar-refractivity contribution in [2.75, 3.05) is 33.7 Å². The number of nitrogens with zero attached hydrogens (tertiary/aromatic N) is 2. The molecule has 2 N–H and O–H groups in total. The van der Waals surface area contributed by atoms with Gasteiger partial charge in [0.1, 0.15) is 0 Å². The third kappa shape index (κ3) is 2.92. The first-order valence-corrected chi connectivity index (χ1v) is 6.15. The topological polar surface area (TPSA) is 32.5 Å². The molecule has 3 heteroatoms. The van der Waals surface area contributed by atoms with Crippen molar-refractivity contribution in [3.63, 3.8) is 0 Å². The van der Waals surface area contributed by atoms with Crippen molar-refractivity contribution in [1.82, 2.24) is 9.80 Å². The van der Waals surface area contributed by atoms with E-state index >= 15 is 0 Å². The highest BCUT2D eigenvalue weighted by molar-refractivity contribution is 4.90. The van der Waals surface area contributed by atoms with E-state index in [1.165, 1.54) is 25.9 Å². The highest BCUT2D eigenvalue weighted by Crippen LogP contribution is 2.24. The molecule has 0 bridgehead atoms. The molecule has 15 heavy (non-hydrogen) atoms. The van der Waals surface area contributed by atoms with Gasteiger partial charge in [0.05, 0.1) is 0 Å². The van der Waals surface area contributed by atoms with E-state index in [4.69, 9.17) is 5.73 Å². The quantitative estimate of drug-likeness (QED) is 0.760. The second-order valence-electron chi connectivity index (χ2n) is 5.24. The zero-order valence-electron chi connectivity index (χ0n) is 10.8. The van der Waals surface area contributed by atoms with Crippen LogP contribution in [-0.4, -0.2) is 55.1 Å². The van der Waals surface area contributed by atoms with E-state index in [-0.39, 0.29) is 5.54 Å². The first-order chi connectivity index (χ1) is 7.03. The smallest absolute Gasteiger partial charge is 0.0301 e. The van der Waals surface area contributed by atoms with Crippen molar-refractivity contribution >= 4 is 0 Å². The molecule has 1 atom stereocenters. The summed E-state index contributed by atoms with van der Waals surface area (Å²) in [6, 6.07) is 0.764. The van der Waals surface area contributed by atoms with Crippen LogP contribution in [0.3, 0.4) is 0 Å². The van der Waals surface area contributed by atoms with Crippen molar-refractivity contribution in [1.29, 1.82) is 0 Å². The van der Waals surface area contributed by atoms with Crippen LogP contribution in [-0.2, 0) is 0 Å². The second kappa shape index (κ2) is 5.28. The summed E-state index contributed by atoms with van der Waals surface area (Å²) >= 11 is 0. The summed E-state index contributed by atoms with van der Waals surface area (Å²) in [5.74, 6) is 0. The van der Waals surface area contributed by atoms with Crippen LogP contribution >= 0.6 is 0 Å². The van der Waals surface area contributed by atoms with E-state index in [9.17, 15) is 0 Å². The van der Waals surface area contributed by atoms with Gasteiger partial charge in [0.15, 0.2) is 0 Å². The lowest BCUT2D eigenvalue weighted by molar-refractivity contribution is 0.0535. The summed E-state index contributed by atoms with van der Waals surface area (Å²) < 4.78 is 0. The van der Waals surface area contributed by atoms with Gasteiger partial charge in [-0.25, -0.2) is 0 Å². The van der Waals surface area contributed by atoms with Crippen molar-refractivity contribution < 1.29 is 0 Å². The first-order valence-electron chi connectivity index (χ1n) is 6.15. The number of hydrogen-bond acceptors (Lipinski definition) is 3. The molecule has 1 aliphatic heterocycles. The van der Waals surface area contributed by atoms with Crippen molar-refractivity contribution in [3.05, 3.63) is 0 Å². The third-order valence-corrected chi connectivity index (χ3v) is 4.16. The lowest BCUT2D eigenvalue weighted by atomic mass is 9.92. The maximum Gasteiger partial charge on any atom is 0.0301 e. The monoisotopic (exact) mass is 213 g/mol. The van der Waals surface area contributed by atoms with Gasteiger partial charge in [-0.05, 0) is 40.3 Å². The Hall–Kier alpha value is -0.120. The Labute approximate surface area is 94.6 Å². The average Bonchev–Trinajstić information content (AvgIpc) is 2.28. The van der Waals surface area contributed by atoms with Crippen molar-refractivity contribution in [3.8, 4) is 0 Å². The average molecular weight is 213 g/mol. The molecule has 90 valence electrons. The maximum absolute atomic E-state index is 5.89. The van der Waals surface area contributed by atoms with Crippen LogP contribution in [0.1, 0.15) is 33.1 Å². The molecule has 0 aromatic carbocycles. The van der Waals surface area contributed by atoms with Gasteiger partial charge in [0.25, 0.3) is 0 Å². The van der Waals surface area contributed by atoms with Gasteiger partial charge in [0, 0.05) is 31.2 Å². The second-order valence-corrected chi connectivity index (χ2v) is 5.24. The minimum Gasteiger partial charge on any atom is -0.329 e. The molecule has 0 saturated carbocycles. The molecular formula is C12H27N3. The van der Waals surface area contributed by atoms with Gasteiger partial charge in [-0.2, -0.15) is 0 Å². The molecule has 1 aliphatic rings. The Morgan fingerprint density at radius 2 is 1.87 bits per heavy atom. The molecule has 0 aromatic rings. The van der Waals surface area contributed by atoms with E-state index in [1.54, 1.807) is 0 Å². The fraction of sp³-hybridized carbons (Fsp3) is 1.00. The molecule has 0 aromatic heterocycles. The standard InChI is InChI=1S/C12H27N3/c1-5-12(2,10-13)15-8-6-11(7-9-15)14(3)4/h11H,5-10,13H2,1-4H3. The van der Waals surface area contributed by atoms with Gasteiger partial charge < -0.3 is 10.6 Å². The molecule has 3 nitrogen and oxygen atoms in total. The Morgan fingerprint density at radius 3 is 2.20 bits per heavy atom. The van der Waals surface area contributed by atoms with E-state index in [2.05, 4.69) is 37.7 Å². The number of hydrogen-bond donors (Lipinski definition) is 1. The van der Waals surface area contributed by atoms with Crippen LogP contribution in [0.4, 0.5) is 0 Å². The minimum absolute atomic E-state index is 0.220. The van der Waals surface area contributed by atoms with Gasteiger partial charge >= 0.3 is 0 Å². The summed E-state index contributed by atoms with van der Waals surface area (Å²) in [5, 5.41) is 0. The molecule has 1 rings (SSSR count). The molecule has 0 amide bonds. The molecule has 0 spiro atoms. The normalized spacial score (nSPS) is 24.4. The predicted octanol–water partition coefficient (Wildman–Crippen LogP) is 1.14. The summed E-state index contributed by atoms with van der Waals surface area (Å²) in [5.41, 5.74) is 6.11. The van der Waals surface area contributed by atoms with Crippen LogP contribution < -0.4 is 5.73 Å². The Kier molecular flexibility index (Phi) is 4.56.